The number of pyridine rings is 1. The number of esters is 1. The highest BCUT2D eigenvalue weighted by atomic mass is 32.1. The van der Waals surface area contributed by atoms with Crippen molar-refractivity contribution in [1.29, 1.82) is 0 Å². The van der Waals surface area contributed by atoms with Crippen LogP contribution >= 0.6 is 24.4 Å². The Bertz CT molecular complexity index is 1070. The number of hydrogen-bond donors (Lipinski definition) is 2. The first kappa shape index (κ1) is 19.0. The largest absolute Gasteiger partial charge is 0.441 e. The number of rotatable bonds is 4. The summed E-state index contributed by atoms with van der Waals surface area (Å²) in [6.07, 6.45) is 3.11. The number of ether oxygens (including phenoxy) is 1. The first-order valence-electron chi connectivity index (χ1n) is 8.09. The van der Waals surface area contributed by atoms with E-state index >= 15 is 0 Å². The molecule has 0 aliphatic heterocycles. The normalized spacial score (nSPS) is 11.2. The number of carbonyl (C=O) groups is 1. The van der Waals surface area contributed by atoms with E-state index in [-0.39, 0.29) is 9.54 Å². The highest BCUT2D eigenvalue weighted by molar-refractivity contribution is 7.71. The highest BCUT2D eigenvalue weighted by Crippen LogP contribution is 2.39. The maximum absolute atomic E-state index is 12.2. The van der Waals surface area contributed by atoms with Crippen LogP contribution in [0.25, 0.3) is 0 Å². The topological polar surface area (TPSA) is 96.5 Å². The summed E-state index contributed by atoms with van der Waals surface area (Å²) >= 11 is 10.4. The van der Waals surface area contributed by atoms with Gasteiger partial charge in [0, 0.05) is 36.3 Å². The molecule has 3 heterocycles. The zero-order valence-electron chi connectivity index (χ0n) is 14.9. The van der Waals surface area contributed by atoms with Crippen LogP contribution in [0, 0.1) is 23.4 Å². The Hall–Kier alpha value is -2.78. The number of aryl methyl sites for hydroxylation is 2. The summed E-state index contributed by atoms with van der Waals surface area (Å²) < 4.78 is 6.45. The molecule has 0 spiro atoms. The van der Waals surface area contributed by atoms with Crippen molar-refractivity contribution in [3.8, 4) is 0 Å². The maximum atomic E-state index is 12.2. The quantitative estimate of drug-likeness (QED) is 0.512. The van der Waals surface area contributed by atoms with E-state index in [1.165, 1.54) is 6.92 Å². The van der Waals surface area contributed by atoms with E-state index in [1.54, 1.807) is 24.5 Å². The number of aromatic nitrogens is 5. The Morgan fingerprint density at radius 3 is 2.00 bits per heavy atom. The van der Waals surface area contributed by atoms with Crippen molar-refractivity contribution in [3.05, 3.63) is 74.5 Å². The Kier molecular flexibility index (Phi) is 5.24. The van der Waals surface area contributed by atoms with Gasteiger partial charge in [-0.2, -0.15) is 0 Å². The molecule has 0 bridgehead atoms. The molecule has 9 heteroatoms. The summed E-state index contributed by atoms with van der Waals surface area (Å²) in [5.74, 6) is -0.484. The second-order valence-corrected chi connectivity index (χ2v) is 6.71. The lowest BCUT2D eigenvalue weighted by Gasteiger charge is -2.34. The lowest BCUT2D eigenvalue weighted by atomic mass is 9.85. The monoisotopic (exact) mass is 399 g/mol. The van der Waals surface area contributed by atoms with Crippen molar-refractivity contribution in [1.82, 2.24) is 24.9 Å². The van der Waals surface area contributed by atoms with Crippen LogP contribution in [-0.2, 0) is 15.1 Å². The Labute approximate surface area is 165 Å². The van der Waals surface area contributed by atoms with Crippen molar-refractivity contribution >= 4 is 30.4 Å². The van der Waals surface area contributed by atoms with Gasteiger partial charge in [0.2, 0.25) is 5.60 Å². The number of H-pyrrole nitrogens is 2. The molecular weight excluding hydrogens is 382 g/mol. The van der Waals surface area contributed by atoms with Crippen LogP contribution in [-0.4, -0.2) is 30.9 Å². The number of hydrogen-bond acceptors (Lipinski definition) is 7. The van der Waals surface area contributed by atoms with E-state index in [1.807, 2.05) is 26.0 Å². The molecule has 0 aliphatic rings. The van der Waals surface area contributed by atoms with Crippen LogP contribution in [0.1, 0.15) is 35.3 Å². The van der Waals surface area contributed by atoms with Gasteiger partial charge in [0.15, 0.2) is 9.54 Å². The van der Waals surface area contributed by atoms with Crippen LogP contribution in [0.4, 0.5) is 0 Å². The van der Waals surface area contributed by atoms with Crippen LogP contribution in [0.3, 0.4) is 0 Å². The summed E-state index contributed by atoms with van der Waals surface area (Å²) in [6, 6.07) is 7.13. The third kappa shape index (κ3) is 3.69. The zero-order valence-corrected chi connectivity index (χ0v) is 16.6. The third-order valence-corrected chi connectivity index (χ3v) is 4.42. The van der Waals surface area contributed by atoms with E-state index in [0.29, 0.717) is 22.6 Å². The van der Waals surface area contributed by atoms with Crippen LogP contribution in [0.5, 0.6) is 0 Å². The molecule has 0 fully saturated rings. The molecular formula is C18H17N5O2S2. The average Bonchev–Trinajstić information content (AvgIpc) is 2.60. The molecule has 0 amide bonds. The zero-order chi connectivity index (χ0) is 19.6. The molecule has 7 nitrogen and oxygen atoms in total. The fourth-order valence-corrected chi connectivity index (χ4v) is 3.36. The highest BCUT2D eigenvalue weighted by Gasteiger charge is 2.43. The first-order valence-corrected chi connectivity index (χ1v) is 8.90. The lowest BCUT2D eigenvalue weighted by molar-refractivity contribution is -0.151. The maximum Gasteiger partial charge on any atom is 0.304 e. The first-order chi connectivity index (χ1) is 12.8. The van der Waals surface area contributed by atoms with Crippen molar-refractivity contribution in [2.24, 2.45) is 0 Å². The number of nitrogens with zero attached hydrogens (tertiary/aromatic N) is 3. The van der Waals surface area contributed by atoms with Gasteiger partial charge in [-0.25, -0.2) is 9.97 Å². The van der Waals surface area contributed by atoms with Gasteiger partial charge >= 0.3 is 5.97 Å². The minimum Gasteiger partial charge on any atom is -0.441 e. The van der Waals surface area contributed by atoms with Gasteiger partial charge in [-0.1, -0.05) is 6.07 Å². The predicted octanol–water partition coefficient (Wildman–Crippen LogP) is 3.46. The predicted molar refractivity (Wildman–Crippen MR) is 104 cm³/mol. The van der Waals surface area contributed by atoms with Crippen LogP contribution in [0.2, 0.25) is 0 Å². The summed E-state index contributed by atoms with van der Waals surface area (Å²) in [5, 5.41) is 0. The van der Waals surface area contributed by atoms with Gasteiger partial charge in [0.25, 0.3) is 0 Å². The van der Waals surface area contributed by atoms with Crippen LogP contribution < -0.4 is 0 Å². The van der Waals surface area contributed by atoms with E-state index < -0.39 is 11.6 Å². The molecule has 0 unspecified atom stereocenters. The Balaban J connectivity index is 2.47. The minimum absolute atomic E-state index is 0.259. The minimum atomic E-state index is -1.37. The van der Waals surface area contributed by atoms with E-state index in [0.717, 1.165) is 5.69 Å². The lowest BCUT2D eigenvalue weighted by Crippen LogP contribution is -2.37. The van der Waals surface area contributed by atoms with Gasteiger partial charge in [-0.15, -0.1) is 0 Å². The fraction of sp³-hybridized carbons (Fsp3) is 0.222. The van der Waals surface area contributed by atoms with Gasteiger partial charge in [0.05, 0.1) is 11.4 Å². The second kappa shape index (κ2) is 7.45. The summed E-state index contributed by atoms with van der Waals surface area (Å²) in [6.45, 7) is 5.09. The van der Waals surface area contributed by atoms with E-state index in [9.17, 15) is 4.79 Å². The van der Waals surface area contributed by atoms with Crippen molar-refractivity contribution in [2.45, 2.75) is 26.4 Å². The molecule has 3 rings (SSSR count). The number of aromatic amines is 2. The van der Waals surface area contributed by atoms with Crippen LogP contribution in [0.15, 0.2) is 36.7 Å². The molecule has 138 valence electrons. The van der Waals surface area contributed by atoms with Gasteiger partial charge in [-0.05, 0) is 56.5 Å². The molecule has 0 saturated carbocycles. The molecule has 3 aromatic heterocycles. The Morgan fingerprint density at radius 2 is 1.56 bits per heavy atom. The summed E-state index contributed by atoms with van der Waals surface area (Å²) in [5.41, 5.74) is 1.87. The van der Waals surface area contributed by atoms with E-state index in [2.05, 4.69) is 24.9 Å². The van der Waals surface area contributed by atoms with Crippen molar-refractivity contribution < 1.29 is 9.53 Å². The van der Waals surface area contributed by atoms with Gasteiger partial charge < -0.3 is 14.7 Å². The molecule has 0 atom stereocenters. The molecule has 0 aliphatic carbocycles. The standard InChI is InChI=1S/C18H17N5O2S2/c1-10-4-5-13(11(2)21-10)18(25-12(3)24,14-6-8-19-16(26)22-14)15-7-9-20-17(27)23-15/h4-9H,1-3H3,(H,19,22,26)(H,20,23,27). The summed E-state index contributed by atoms with van der Waals surface area (Å²) in [4.78, 5) is 30.9. The average molecular weight is 400 g/mol. The molecule has 0 saturated heterocycles. The number of nitrogens with one attached hydrogen (secondary N) is 2. The smallest absolute Gasteiger partial charge is 0.304 e. The molecule has 3 aromatic rings. The molecule has 2 N–H and O–H groups in total. The van der Waals surface area contributed by atoms with Gasteiger partial charge in [0.1, 0.15) is 0 Å². The molecule has 27 heavy (non-hydrogen) atoms. The summed E-state index contributed by atoms with van der Waals surface area (Å²) in [7, 11) is 0. The third-order valence-electron chi connectivity index (χ3n) is 4.01. The fourth-order valence-electron chi connectivity index (χ4n) is 3.02. The van der Waals surface area contributed by atoms with Crippen molar-refractivity contribution in [2.75, 3.05) is 0 Å². The Morgan fingerprint density at radius 1 is 1.00 bits per heavy atom. The van der Waals surface area contributed by atoms with Gasteiger partial charge in [-0.3, -0.25) is 9.78 Å². The molecule has 0 radical (unpaired) electrons. The van der Waals surface area contributed by atoms with E-state index in [4.69, 9.17) is 29.2 Å². The van der Waals surface area contributed by atoms with Crippen molar-refractivity contribution in [3.63, 3.8) is 0 Å². The number of carbonyl (C=O) groups excluding carboxylic acids is 1. The SMILES string of the molecule is CC(=O)OC(c1ccnc(=S)[nH]1)(c1ccnc(=S)[nH]1)c1ccc(C)nc1C. The molecule has 0 aromatic carbocycles. The second-order valence-electron chi connectivity index (χ2n) is 5.94.